The van der Waals surface area contributed by atoms with Crippen LogP contribution in [0.4, 0.5) is 45.2 Å². The molecule has 24 heavy (non-hydrogen) atoms. The molecule has 0 spiro atoms. The van der Waals surface area contributed by atoms with Crippen LogP contribution in [-0.4, -0.2) is 29.9 Å². The van der Waals surface area contributed by atoms with Gasteiger partial charge in [-0.05, 0) is 12.1 Å². The lowest BCUT2D eigenvalue weighted by atomic mass is 10.0. The van der Waals surface area contributed by atoms with Crippen molar-refractivity contribution in [1.29, 1.82) is 0 Å². The van der Waals surface area contributed by atoms with Gasteiger partial charge in [-0.15, -0.1) is 0 Å². The summed E-state index contributed by atoms with van der Waals surface area (Å²) in [5.74, 6) is -23.8. The minimum absolute atomic E-state index is 0.329. The first-order valence-corrected chi connectivity index (χ1v) is 6.28. The molecule has 0 atom stereocenters. The zero-order valence-corrected chi connectivity index (χ0v) is 12.3. The van der Waals surface area contributed by atoms with Gasteiger partial charge in [0.15, 0.2) is 0 Å². The largest absolute Gasteiger partial charge is 0.460 e. The normalized spacial score (nSPS) is 13.8. The summed E-state index contributed by atoms with van der Waals surface area (Å²) in [6.07, 6.45) is -7.02. The first kappa shape index (κ1) is 20.7. The van der Waals surface area contributed by atoms with Crippen molar-refractivity contribution in [2.45, 2.75) is 23.9 Å². The van der Waals surface area contributed by atoms with Crippen molar-refractivity contribution in [1.82, 2.24) is 0 Å². The molecule has 0 heterocycles. The van der Waals surface area contributed by atoms with Gasteiger partial charge in [0.05, 0.1) is 15.7 Å². The van der Waals surface area contributed by atoms with E-state index in [1.54, 1.807) is 0 Å². The second-order valence-corrected chi connectivity index (χ2v) is 5.06. The number of hydrogen-bond acceptors (Lipinski definition) is 1. The van der Waals surface area contributed by atoms with Crippen LogP contribution >= 0.6 is 23.2 Å². The molecule has 0 bridgehead atoms. The minimum atomic E-state index is -7.17. The van der Waals surface area contributed by atoms with Gasteiger partial charge in [-0.3, -0.25) is 4.79 Å². The molecule has 0 aliphatic rings. The Bertz CT molecular complexity index is 645. The van der Waals surface area contributed by atoms with Crippen LogP contribution in [0.2, 0.25) is 10.0 Å². The third-order valence-corrected chi connectivity index (χ3v) is 3.45. The first-order valence-electron chi connectivity index (χ1n) is 5.53. The highest BCUT2D eigenvalue weighted by Gasteiger charge is 2.83. The van der Waals surface area contributed by atoms with Crippen molar-refractivity contribution in [3.63, 3.8) is 0 Å². The molecule has 1 aromatic rings. The standard InChI is InChI=1S/C11H4Cl2F9NO/c12-4-2-1-3-5(6(4)13)23-7(24)8(14,15)9(16,17)10(18,19)11(20,21)22/h1-3H,(H,23,24). The Morgan fingerprint density at radius 3 is 1.83 bits per heavy atom. The van der Waals surface area contributed by atoms with E-state index in [9.17, 15) is 44.3 Å². The van der Waals surface area contributed by atoms with Crippen molar-refractivity contribution in [3.8, 4) is 0 Å². The molecule has 1 amide bonds. The number of benzene rings is 1. The smallest absolute Gasteiger partial charge is 0.319 e. The molecular weight excluding hydrogens is 404 g/mol. The fourth-order valence-corrected chi connectivity index (χ4v) is 1.67. The van der Waals surface area contributed by atoms with Crippen molar-refractivity contribution >= 4 is 34.8 Å². The predicted molar refractivity (Wildman–Crippen MR) is 66.0 cm³/mol. The zero-order valence-electron chi connectivity index (χ0n) is 10.8. The Labute approximate surface area is 137 Å². The van der Waals surface area contributed by atoms with Crippen LogP contribution in [0.1, 0.15) is 0 Å². The molecule has 13 heteroatoms. The number of hydrogen-bond donors (Lipinski definition) is 1. The molecule has 0 saturated heterocycles. The summed E-state index contributed by atoms with van der Waals surface area (Å²) >= 11 is 10.9. The summed E-state index contributed by atoms with van der Waals surface area (Å²) in [4.78, 5) is 11.2. The fourth-order valence-electron chi connectivity index (χ4n) is 1.32. The molecule has 0 fully saturated rings. The highest BCUT2D eigenvalue weighted by Crippen LogP contribution is 2.53. The van der Waals surface area contributed by atoms with Crippen LogP contribution < -0.4 is 5.32 Å². The van der Waals surface area contributed by atoms with Crippen LogP contribution in [-0.2, 0) is 4.79 Å². The lowest BCUT2D eigenvalue weighted by Crippen LogP contribution is -2.64. The second kappa shape index (κ2) is 6.17. The van der Waals surface area contributed by atoms with Gasteiger partial charge in [-0.2, -0.15) is 39.5 Å². The maximum Gasteiger partial charge on any atom is 0.460 e. The maximum atomic E-state index is 13.3. The molecule has 1 aromatic carbocycles. The average molecular weight is 408 g/mol. The second-order valence-electron chi connectivity index (χ2n) is 4.28. The van der Waals surface area contributed by atoms with Crippen LogP contribution in [0.3, 0.4) is 0 Å². The first-order chi connectivity index (χ1) is 10.6. The number of amides is 1. The monoisotopic (exact) mass is 407 g/mol. The Hall–Kier alpha value is -1.36. The summed E-state index contributed by atoms with van der Waals surface area (Å²) in [7, 11) is 0. The number of nitrogens with one attached hydrogen (secondary N) is 1. The summed E-state index contributed by atoms with van der Waals surface area (Å²) in [5.41, 5.74) is -0.792. The number of alkyl halides is 9. The molecule has 0 radical (unpaired) electrons. The lowest BCUT2D eigenvalue weighted by molar-refractivity contribution is -0.388. The molecule has 0 aliphatic heterocycles. The van der Waals surface area contributed by atoms with E-state index in [1.165, 1.54) is 0 Å². The topological polar surface area (TPSA) is 29.1 Å². The van der Waals surface area contributed by atoms with Crippen LogP contribution in [0.5, 0.6) is 0 Å². The molecule has 2 nitrogen and oxygen atoms in total. The van der Waals surface area contributed by atoms with Crippen molar-refractivity contribution in [2.75, 3.05) is 5.32 Å². The average Bonchev–Trinajstić information content (AvgIpc) is 2.42. The van der Waals surface area contributed by atoms with E-state index >= 15 is 0 Å². The highest BCUT2D eigenvalue weighted by molar-refractivity contribution is 6.44. The quantitative estimate of drug-likeness (QED) is 0.665. The van der Waals surface area contributed by atoms with E-state index in [0.29, 0.717) is 0 Å². The van der Waals surface area contributed by atoms with Gasteiger partial charge in [0, 0.05) is 0 Å². The number of carbonyl (C=O) groups excluding carboxylic acids is 1. The van der Waals surface area contributed by atoms with Gasteiger partial charge >= 0.3 is 29.9 Å². The van der Waals surface area contributed by atoms with E-state index in [0.717, 1.165) is 23.5 Å². The molecular formula is C11H4Cl2F9NO. The Balaban J connectivity index is 3.23. The van der Waals surface area contributed by atoms with Gasteiger partial charge in [-0.1, -0.05) is 29.3 Å². The van der Waals surface area contributed by atoms with Crippen molar-refractivity contribution < 1.29 is 44.3 Å². The van der Waals surface area contributed by atoms with E-state index in [4.69, 9.17) is 23.2 Å². The SMILES string of the molecule is O=C(Nc1cccc(Cl)c1Cl)C(F)(F)C(F)(F)C(F)(F)C(F)(F)F. The fraction of sp³-hybridized carbons (Fsp3) is 0.364. The summed E-state index contributed by atoms with van der Waals surface area (Å²) in [6, 6.07) is 2.90. The van der Waals surface area contributed by atoms with Crippen molar-refractivity contribution in [3.05, 3.63) is 28.2 Å². The molecule has 0 unspecified atom stereocenters. The molecule has 1 rings (SSSR count). The molecule has 136 valence electrons. The number of halogens is 11. The Morgan fingerprint density at radius 1 is 0.875 bits per heavy atom. The summed E-state index contributed by atoms with van der Waals surface area (Å²) < 4.78 is 114. The van der Waals surface area contributed by atoms with Gasteiger partial charge in [0.1, 0.15) is 0 Å². The molecule has 0 saturated carbocycles. The Morgan fingerprint density at radius 2 is 1.38 bits per heavy atom. The third-order valence-electron chi connectivity index (χ3n) is 2.63. The highest BCUT2D eigenvalue weighted by atomic mass is 35.5. The van der Waals surface area contributed by atoms with Gasteiger partial charge in [0.25, 0.3) is 0 Å². The zero-order chi connectivity index (χ0) is 19.1. The molecule has 1 N–H and O–H groups in total. The molecule has 0 aromatic heterocycles. The van der Waals surface area contributed by atoms with Crippen molar-refractivity contribution in [2.24, 2.45) is 0 Å². The van der Waals surface area contributed by atoms with Crippen LogP contribution in [0, 0.1) is 0 Å². The summed E-state index contributed by atoms with van der Waals surface area (Å²) in [6.45, 7) is 0. The van der Waals surface area contributed by atoms with E-state index in [2.05, 4.69) is 0 Å². The summed E-state index contributed by atoms with van der Waals surface area (Å²) in [5, 5.41) is 0.0899. The van der Waals surface area contributed by atoms with Gasteiger partial charge < -0.3 is 5.32 Å². The number of carbonyl (C=O) groups is 1. The van der Waals surface area contributed by atoms with Crippen LogP contribution in [0.25, 0.3) is 0 Å². The van der Waals surface area contributed by atoms with Gasteiger partial charge in [0.2, 0.25) is 0 Å². The lowest BCUT2D eigenvalue weighted by Gasteiger charge is -2.32. The maximum absolute atomic E-state index is 13.3. The Kier molecular flexibility index (Phi) is 5.32. The van der Waals surface area contributed by atoms with E-state index in [-0.39, 0.29) is 5.02 Å². The number of anilines is 1. The number of rotatable bonds is 4. The minimum Gasteiger partial charge on any atom is -0.319 e. The van der Waals surface area contributed by atoms with E-state index < -0.39 is 40.6 Å². The van der Waals surface area contributed by atoms with Gasteiger partial charge in [-0.25, -0.2) is 0 Å². The van der Waals surface area contributed by atoms with Crippen LogP contribution in [0.15, 0.2) is 18.2 Å². The van der Waals surface area contributed by atoms with E-state index in [1.807, 2.05) is 0 Å². The molecule has 0 aliphatic carbocycles. The third kappa shape index (κ3) is 3.23. The predicted octanol–water partition coefficient (Wildman–Crippen LogP) is 5.40.